The monoisotopic (exact) mass is 424 g/mol. The van der Waals surface area contributed by atoms with Gasteiger partial charge in [0.2, 0.25) is 0 Å². The maximum Gasteiger partial charge on any atom is 0.190 e. The van der Waals surface area contributed by atoms with E-state index in [1.54, 1.807) is 26.3 Å². The largest absolute Gasteiger partial charge is 0.493 e. The summed E-state index contributed by atoms with van der Waals surface area (Å²) in [7, 11) is 1.58. The summed E-state index contributed by atoms with van der Waals surface area (Å²) >= 11 is 0. The molecule has 1 N–H and O–H groups in total. The van der Waals surface area contributed by atoms with E-state index in [2.05, 4.69) is 17.6 Å². The van der Waals surface area contributed by atoms with Crippen LogP contribution in [0.2, 0.25) is 0 Å². The molecule has 1 aromatic heterocycles. The summed E-state index contributed by atoms with van der Waals surface area (Å²) in [6.45, 7) is 4.54. The molecule has 0 saturated heterocycles. The molecule has 2 heterocycles. The summed E-state index contributed by atoms with van der Waals surface area (Å²) in [5.74, 6) is 1.19. The van der Waals surface area contributed by atoms with Crippen molar-refractivity contribution in [3.8, 4) is 28.8 Å². The lowest BCUT2D eigenvalue weighted by Crippen LogP contribution is -2.25. The quantitative estimate of drug-likeness (QED) is 0.649. The Morgan fingerprint density at radius 3 is 2.68 bits per heavy atom. The van der Waals surface area contributed by atoms with Gasteiger partial charge in [-0.25, -0.2) is 0 Å². The van der Waals surface area contributed by atoms with Crippen molar-refractivity contribution in [3.05, 3.63) is 45.7 Å². The fraction of sp³-hybridized carbons (Fsp3) is 0.500. The number of aliphatic hydroxyl groups excluding tert-OH is 1. The number of pyridine rings is 1. The first-order valence-corrected chi connectivity index (χ1v) is 10.8. The Kier molecular flexibility index (Phi) is 5.78. The molecule has 1 aliphatic heterocycles. The van der Waals surface area contributed by atoms with Gasteiger partial charge in [0.15, 0.2) is 23.2 Å². The number of methoxy groups -OCH3 is 1. The predicted molar refractivity (Wildman–Crippen MR) is 115 cm³/mol. The molecule has 164 valence electrons. The Bertz CT molecular complexity index is 1080. The molecule has 2 unspecified atom stereocenters. The first kappa shape index (κ1) is 21.4. The van der Waals surface area contributed by atoms with Crippen molar-refractivity contribution in [3.63, 3.8) is 0 Å². The molecular formula is C24H28N2O5. The zero-order chi connectivity index (χ0) is 22.2. The fourth-order valence-electron chi connectivity index (χ4n) is 4.15. The van der Waals surface area contributed by atoms with Gasteiger partial charge >= 0.3 is 0 Å². The molecule has 7 nitrogen and oxygen atoms in total. The van der Waals surface area contributed by atoms with Gasteiger partial charge in [0, 0.05) is 30.5 Å². The molecule has 0 radical (unpaired) electrons. The lowest BCUT2D eigenvalue weighted by Gasteiger charge is -2.31. The molecule has 7 heteroatoms. The van der Waals surface area contributed by atoms with E-state index in [1.165, 1.54) is 0 Å². The zero-order valence-corrected chi connectivity index (χ0v) is 18.2. The van der Waals surface area contributed by atoms with Crippen LogP contribution in [0.3, 0.4) is 0 Å². The highest BCUT2D eigenvalue weighted by Crippen LogP contribution is 2.47. The molecule has 1 fully saturated rings. The first-order chi connectivity index (χ1) is 14.9. The van der Waals surface area contributed by atoms with E-state index in [0.29, 0.717) is 24.7 Å². The number of hydrogen-bond acceptors (Lipinski definition) is 6. The number of nitriles is 1. The second kappa shape index (κ2) is 8.37. The Balaban J connectivity index is 1.76. The van der Waals surface area contributed by atoms with Gasteiger partial charge in [0.1, 0.15) is 6.61 Å². The number of benzene rings is 1. The number of hydrogen-bond donors (Lipinski definition) is 1. The van der Waals surface area contributed by atoms with Gasteiger partial charge in [0.25, 0.3) is 0 Å². The highest BCUT2D eigenvalue weighted by atomic mass is 16.6. The fourth-order valence-corrected chi connectivity index (χ4v) is 4.15. The van der Waals surface area contributed by atoms with Crippen LogP contribution in [0.5, 0.6) is 11.5 Å². The van der Waals surface area contributed by atoms with Crippen molar-refractivity contribution >= 4 is 0 Å². The number of rotatable bonds is 8. The maximum atomic E-state index is 12.7. The molecule has 1 saturated carbocycles. The van der Waals surface area contributed by atoms with Crippen LogP contribution >= 0.6 is 0 Å². The van der Waals surface area contributed by atoms with Crippen molar-refractivity contribution in [2.75, 3.05) is 20.3 Å². The second-order valence-corrected chi connectivity index (χ2v) is 8.30. The average Bonchev–Trinajstić information content (AvgIpc) is 3.56. The van der Waals surface area contributed by atoms with Gasteiger partial charge in [0.05, 0.1) is 29.9 Å². The number of fused-ring (bicyclic) bond motifs is 3. The van der Waals surface area contributed by atoms with E-state index in [-0.39, 0.29) is 22.4 Å². The van der Waals surface area contributed by atoms with E-state index >= 15 is 0 Å². The molecule has 2 aliphatic rings. The summed E-state index contributed by atoms with van der Waals surface area (Å²) < 4.78 is 18.9. The van der Waals surface area contributed by atoms with Crippen molar-refractivity contribution in [2.24, 2.45) is 5.41 Å². The lowest BCUT2D eigenvalue weighted by atomic mass is 9.90. The highest BCUT2D eigenvalue weighted by Gasteiger charge is 2.44. The van der Waals surface area contributed by atoms with Crippen molar-refractivity contribution in [1.29, 1.82) is 5.26 Å². The van der Waals surface area contributed by atoms with Gasteiger partial charge in [-0.3, -0.25) is 4.79 Å². The van der Waals surface area contributed by atoms with E-state index in [9.17, 15) is 15.2 Å². The molecule has 1 aliphatic carbocycles. The van der Waals surface area contributed by atoms with E-state index in [0.717, 1.165) is 42.5 Å². The maximum absolute atomic E-state index is 12.7. The molecule has 2 atom stereocenters. The molecule has 1 aromatic carbocycles. The SMILES string of the molecule is CCOC(O)c1cn2c(cc1=O)-c1cc(OC)c(OCC3(C#N)CC3)cc1CC2CC. The van der Waals surface area contributed by atoms with Crippen LogP contribution in [0.1, 0.15) is 56.6 Å². The van der Waals surface area contributed by atoms with E-state index in [4.69, 9.17) is 14.2 Å². The van der Waals surface area contributed by atoms with Crippen LogP contribution in [-0.2, 0) is 11.2 Å². The van der Waals surface area contributed by atoms with Gasteiger partial charge in [-0.2, -0.15) is 5.26 Å². The minimum absolute atomic E-state index is 0.130. The van der Waals surface area contributed by atoms with Crippen LogP contribution in [0, 0.1) is 16.7 Å². The topological polar surface area (TPSA) is 93.7 Å². The van der Waals surface area contributed by atoms with E-state index < -0.39 is 6.29 Å². The summed E-state index contributed by atoms with van der Waals surface area (Å²) in [6, 6.07) is 7.91. The molecule has 0 bridgehead atoms. The van der Waals surface area contributed by atoms with Crippen molar-refractivity contribution in [1.82, 2.24) is 4.57 Å². The standard InChI is InChI=1S/C24H28N2O5/c1-4-16-8-15-9-22(31-14-24(13-25)6-7-24)21(29-3)10-17(15)19-11-20(27)18(12-26(16)19)23(28)30-5-2/h9-12,16,23,28H,4-8,14H2,1-3H3. The third kappa shape index (κ3) is 3.93. The summed E-state index contributed by atoms with van der Waals surface area (Å²) in [4.78, 5) is 12.7. The molecule has 0 amide bonds. The summed E-state index contributed by atoms with van der Waals surface area (Å²) in [5, 5.41) is 19.6. The number of aromatic nitrogens is 1. The first-order valence-electron chi connectivity index (χ1n) is 10.8. The van der Waals surface area contributed by atoms with Crippen LogP contribution < -0.4 is 14.9 Å². The number of nitrogens with zero attached hydrogens (tertiary/aromatic N) is 2. The van der Waals surface area contributed by atoms with Crippen LogP contribution in [0.4, 0.5) is 0 Å². The van der Waals surface area contributed by atoms with Gasteiger partial charge < -0.3 is 23.9 Å². The zero-order valence-electron chi connectivity index (χ0n) is 18.2. The normalized spacial score (nSPS) is 19.0. The Morgan fingerprint density at radius 2 is 2.06 bits per heavy atom. The predicted octanol–water partition coefficient (Wildman–Crippen LogP) is 3.74. The third-order valence-corrected chi connectivity index (χ3v) is 6.28. The smallest absolute Gasteiger partial charge is 0.190 e. The van der Waals surface area contributed by atoms with Gasteiger partial charge in [-0.15, -0.1) is 0 Å². The lowest BCUT2D eigenvalue weighted by molar-refractivity contribution is -0.0989. The van der Waals surface area contributed by atoms with Crippen molar-refractivity contribution < 1.29 is 19.3 Å². The molecule has 2 aromatic rings. The Morgan fingerprint density at radius 1 is 1.29 bits per heavy atom. The minimum Gasteiger partial charge on any atom is -0.493 e. The molecule has 31 heavy (non-hydrogen) atoms. The summed E-state index contributed by atoms with van der Waals surface area (Å²) in [6.07, 6.45) is 3.82. The molecule has 4 rings (SSSR count). The van der Waals surface area contributed by atoms with E-state index in [1.807, 2.05) is 12.1 Å². The Hall–Kier alpha value is -2.82. The molecule has 0 spiro atoms. The van der Waals surface area contributed by atoms with Gasteiger partial charge in [-0.1, -0.05) is 6.92 Å². The summed E-state index contributed by atoms with van der Waals surface area (Å²) in [5.41, 5.74) is 2.37. The number of ether oxygens (including phenoxy) is 3. The highest BCUT2D eigenvalue weighted by molar-refractivity contribution is 5.71. The minimum atomic E-state index is -1.24. The third-order valence-electron chi connectivity index (χ3n) is 6.28. The Labute approximate surface area is 181 Å². The number of aliphatic hydroxyl groups is 1. The molecular weight excluding hydrogens is 396 g/mol. The average molecular weight is 424 g/mol. The van der Waals surface area contributed by atoms with Crippen LogP contribution in [0.15, 0.2) is 29.2 Å². The van der Waals surface area contributed by atoms with Gasteiger partial charge in [-0.05, 0) is 50.3 Å². The van der Waals surface area contributed by atoms with Crippen molar-refractivity contribution in [2.45, 2.75) is 51.9 Å². The second-order valence-electron chi connectivity index (χ2n) is 8.30. The van der Waals surface area contributed by atoms with Crippen LogP contribution in [-0.4, -0.2) is 30.0 Å². The van der Waals surface area contributed by atoms with Crippen LogP contribution in [0.25, 0.3) is 11.3 Å².